The van der Waals surface area contributed by atoms with Gasteiger partial charge in [-0.05, 0) is 53.7 Å². The number of anilines is 1. The zero-order valence-electron chi connectivity index (χ0n) is 9.83. The summed E-state index contributed by atoms with van der Waals surface area (Å²) in [6.07, 6.45) is 4.65. The molecule has 1 aliphatic rings. The predicted molar refractivity (Wildman–Crippen MR) is 74.1 cm³/mol. The first-order valence-electron chi connectivity index (χ1n) is 5.87. The van der Waals surface area contributed by atoms with Crippen molar-refractivity contribution in [2.45, 2.75) is 39.5 Å². The normalized spacial score (nSPS) is 15.8. The van der Waals surface area contributed by atoms with Crippen LogP contribution in [0.3, 0.4) is 0 Å². The molecule has 2 rings (SSSR count). The van der Waals surface area contributed by atoms with Crippen molar-refractivity contribution < 1.29 is 0 Å². The van der Waals surface area contributed by atoms with Gasteiger partial charge >= 0.3 is 0 Å². The minimum atomic E-state index is 0.608. The Kier molecular flexibility index (Phi) is 3.66. The second-order valence-corrected chi connectivity index (χ2v) is 6.11. The van der Waals surface area contributed by atoms with Crippen LogP contribution >= 0.6 is 22.6 Å². The molecule has 2 N–H and O–H groups in total. The first kappa shape index (κ1) is 12.1. The fourth-order valence-electron chi connectivity index (χ4n) is 1.76. The molecule has 0 amide bonds. The van der Waals surface area contributed by atoms with Crippen molar-refractivity contribution in [1.82, 2.24) is 9.97 Å². The molecule has 0 spiro atoms. The maximum atomic E-state index is 5.93. The van der Waals surface area contributed by atoms with Crippen LogP contribution in [0, 0.1) is 15.4 Å². The first-order chi connectivity index (χ1) is 7.56. The lowest BCUT2D eigenvalue weighted by Gasteiger charge is -2.10. The van der Waals surface area contributed by atoms with E-state index in [1.54, 1.807) is 0 Å². The number of nitrogens with two attached hydrogens (primary N) is 1. The summed E-state index contributed by atoms with van der Waals surface area (Å²) >= 11 is 2.25. The van der Waals surface area contributed by atoms with Crippen molar-refractivity contribution in [2.24, 2.45) is 11.8 Å². The Bertz CT molecular complexity index is 386. The smallest absolute Gasteiger partial charge is 0.140 e. The van der Waals surface area contributed by atoms with Gasteiger partial charge in [-0.2, -0.15) is 0 Å². The summed E-state index contributed by atoms with van der Waals surface area (Å²) in [4.78, 5) is 9.03. The van der Waals surface area contributed by atoms with Crippen LogP contribution in [0.2, 0.25) is 0 Å². The van der Waals surface area contributed by atoms with Crippen molar-refractivity contribution in [3.05, 3.63) is 15.1 Å². The fourth-order valence-corrected chi connectivity index (χ4v) is 2.22. The van der Waals surface area contributed by atoms with E-state index >= 15 is 0 Å². The average molecular weight is 331 g/mol. The summed E-state index contributed by atoms with van der Waals surface area (Å²) in [5, 5.41) is 0. The van der Waals surface area contributed by atoms with E-state index in [1.807, 2.05) is 0 Å². The van der Waals surface area contributed by atoms with E-state index in [9.17, 15) is 0 Å². The van der Waals surface area contributed by atoms with E-state index in [0.717, 1.165) is 33.8 Å². The highest BCUT2D eigenvalue weighted by Gasteiger charge is 2.23. The molecule has 0 saturated heterocycles. The van der Waals surface area contributed by atoms with Crippen LogP contribution < -0.4 is 5.73 Å². The number of nitrogens with zero attached hydrogens (tertiary/aromatic N) is 2. The number of aromatic nitrogens is 2. The molecule has 16 heavy (non-hydrogen) atoms. The van der Waals surface area contributed by atoms with Gasteiger partial charge in [0.25, 0.3) is 0 Å². The van der Waals surface area contributed by atoms with Gasteiger partial charge in [-0.1, -0.05) is 13.8 Å². The predicted octanol–water partition coefficient (Wildman–Crippen LogP) is 2.81. The fraction of sp³-hybridized carbons (Fsp3) is 0.667. The molecular formula is C12H18IN3. The van der Waals surface area contributed by atoms with Gasteiger partial charge in [0.2, 0.25) is 0 Å². The van der Waals surface area contributed by atoms with Crippen LogP contribution in [0.1, 0.15) is 38.2 Å². The Morgan fingerprint density at radius 1 is 1.38 bits per heavy atom. The molecular weight excluding hydrogens is 313 g/mol. The van der Waals surface area contributed by atoms with Crippen LogP contribution in [-0.4, -0.2) is 9.97 Å². The Labute approximate surface area is 110 Å². The molecule has 1 saturated carbocycles. The molecule has 0 bridgehead atoms. The Balaban J connectivity index is 2.22. The quantitative estimate of drug-likeness (QED) is 0.863. The largest absolute Gasteiger partial charge is 0.383 e. The average Bonchev–Trinajstić information content (AvgIpc) is 2.96. The molecule has 1 aromatic heterocycles. The third-order valence-electron chi connectivity index (χ3n) is 2.76. The van der Waals surface area contributed by atoms with E-state index in [-0.39, 0.29) is 0 Å². The molecule has 0 aromatic carbocycles. The summed E-state index contributed by atoms with van der Waals surface area (Å²) in [5.41, 5.74) is 7.06. The number of hydrogen-bond acceptors (Lipinski definition) is 3. The summed E-state index contributed by atoms with van der Waals surface area (Å²) in [6, 6.07) is 0. The number of rotatable bonds is 4. The van der Waals surface area contributed by atoms with E-state index in [4.69, 9.17) is 5.73 Å². The summed E-state index contributed by atoms with van der Waals surface area (Å²) in [5.74, 6) is 3.01. The lowest BCUT2D eigenvalue weighted by Crippen LogP contribution is -2.10. The standard InChI is InChI=1S/C12H18IN3/c1-7(2)5-9-11(13)12(14)16-10(15-9)6-8-3-4-8/h7-8H,3-6H2,1-2H3,(H2,14,15,16). The topological polar surface area (TPSA) is 51.8 Å². The Morgan fingerprint density at radius 3 is 2.62 bits per heavy atom. The van der Waals surface area contributed by atoms with Gasteiger partial charge in [0, 0.05) is 6.42 Å². The number of halogens is 1. The van der Waals surface area contributed by atoms with Crippen molar-refractivity contribution in [3.8, 4) is 0 Å². The third-order valence-corrected chi connectivity index (χ3v) is 3.94. The zero-order chi connectivity index (χ0) is 11.7. The second kappa shape index (κ2) is 4.85. The van der Waals surface area contributed by atoms with Crippen LogP contribution in [0.4, 0.5) is 5.82 Å². The number of nitrogen functional groups attached to an aromatic ring is 1. The van der Waals surface area contributed by atoms with Crippen LogP contribution in [0.5, 0.6) is 0 Å². The van der Waals surface area contributed by atoms with Gasteiger partial charge in [0.15, 0.2) is 0 Å². The lowest BCUT2D eigenvalue weighted by molar-refractivity contribution is 0.625. The van der Waals surface area contributed by atoms with Gasteiger partial charge in [-0.25, -0.2) is 9.97 Å². The van der Waals surface area contributed by atoms with Crippen LogP contribution in [0.15, 0.2) is 0 Å². The molecule has 0 aliphatic heterocycles. The first-order valence-corrected chi connectivity index (χ1v) is 6.95. The Hall–Kier alpha value is -0.390. The molecule has 4 heteroatoms. The molecule has 1 fully saturated rings. The highest BCUT2D eigenvalue weighted by molar-refractivity contribution is 14.1. The minimum Gasteiger partial charge on any atom is -0.383 e. The van der Waals surface area contributed by atoms with Gasteiger partial charge in [0.05, 0.1) is 9.26 Å². The molecule has 1 aromatic rings. The van der Waals surface area contributed by atoms with Crippen molar-refractivity contribution in [2.75, 3.05) is 5.73 Å². The third kappa shape index (κ3) is 3.06. The molecule has 0 radical (unpaired) electrons. The number of hydrogen-bond donors (Lipinski definition) is 1. The van der Waals surface area contributed by atoms with Crippen LogP contribution in [-0.2, 0) is 12.8 Å². The van der Waals surface area contributed by atoms with E-state index in [2.05, 4.69) is 46.4 Å². The molecule has 0 unspecified atom stereocenters. The minimum absolute atomic E-state index is 0.608. The highest BCUT2D eigenvalue weighted by atomic mass is 127. The van der Waals surface area contributed by atoms with Crippen molar-refractivity contribution in [1.29, 1.82) is 0 Å². The van der Waals surface area contributed by atoms with Crippen molar-refractivity contribution >= 4 is 28.4 Å². The maximum Gasteiger partial charge on any atom is 0.140 e. The SMILES string of the molecule is CC(C)Cc1nc(CC2CC2)nc(N)c1I. The molecule has 88 valence electrons. The second-order valence-electron chi connectivity index (χ2n) is 5.03. The zero-order valence-corrected chi connectivity index (χ0v) is 12.0. The molecule has 0 atom stereocenters. The van der Waals surface area contributed by atoms with Crippen LogP contribution in [0.25, 0.3) is 0 Å². The molecule has 1 heterocycles. The summed E-state index contributed by atoms with van der Waals surface area (Å²) in [7, 11) is 0. The van der Waals surface area contributed by atoms with E-state index < -0.39 is 0 Å². The monoisotopic (exact) mass is 331 g/mol. The van der Waals surface area contributed by atoms with E-state index in [0.29, 0.717) is 11.7 Å². The molecule has 1 aliphatic carbocycles. The van der Waals surface area contributed by atoms with Gasteiger partial charge in [0.1, 0.15) is 11.6 Å². The van der Waals surface area contributed by atoms with Crippen molar-refractivity contribution in [3.63, 3.8) is 0 Å². The summed E-state index contributed by atoms with van der Waals surface area (Å²) in [6.45, 7) is 4.41. The summed E-state index contributed by atoms with van der Waals surface area (Å²) < 4.78 is 1.03. The highest BCUT2D eigenvalue weighted by Crippen LogP contribution is 2.32. The van der Waals surface area contributed by atoms with E-state index in [1.165, 1.54) is 12.8 Å². The van der Waals surface area contributed by atoms with Gasteiger partial charge in [-0.15, -0.1) is 0 Å². The lowest BCUT2D eigenvalue weighted by atomic mass is 10.1. The Morgan fingerprint density at radius 2 is 2.06 bits per heavy atom. The van der Waals surface area contributed by atoms with Gasteiger partial charge < -0.3 is 5.73 Å². The van der Waals surface area contributed by atoms with Gasteiger partial charge in [-0.3, -0.25) is 0 Å². The molecule has 3 nitrogen and oxygen atoms in total. The maximum absolute atomic E-state index is 5.93.